The fraction of sp³-hybridized carbons (Fsp3) is 0.750. The van der Waals surface area contributed by atoms with Gasteiger partial charge in [0.05, 0.1) is 4.92 Å². The molecule has 1 saturated heterocycles. The van der Waals surface area contributed by atoms with Gasteiger partial charge < -0.3 is 10.2 Å². The van der Waals surface area contributed by atoms with Crippen molar-refractivity contribution < 1.29 is 9.72 Å². The molecular weight excluding hydrogens is 310 g/mol. The van der Waals surface area contributed by atoms with E-state index in [2.05, 4.69) is 34.3 Å². The lowest BCUT2D eigenvalue weighted by atomic mass is 9.92. The SMILES string of the molecule is CCc1[nH]nc(C(=O)N[C@H](C)CN2C[C@@H](C)C[C@H](C)C2)c1[N+](=O)[O-]. The summed E-state index contributed by atoms with van der Waals surface area (Å²) in [5.74, 6) is 0.802. The lowest BCUT2D eigenvalue weighted by molar-refractivity contribution is -0.385. The molecule has 24 heavy (non-hydrogen) atoms. The van der Waals surface area contributed by atoms with Gasteiger partial charge in [0, 0.05) is 25.7 Å². The predicted octanol–water partition coefficient (Wildman–Crippen LogP) is 1.98. The summed E-state index contributed by atoms with van der Waals surface area (Å²) in [6, 6.07) is -0.101. The van der Waals surface area contributed by atoms with Crippen LogP contribution in [0.25, 0.3) is 0 Å². The summed E-state index contributed by atoms with van der Waals surface area (Å²) in [4.78, 5) is 25.4. The van der Waals surface area contributed by atoms with E-state index in [1.165, 1.54) is 6.42 Å². The highest BCUT2D eigenvalue weighted by atomic mass is 16.6. The minimum absolute atomic E-state index is 0.101. The molecule has 0 aromatic carbocycles. The number of likely N-dealkylation sites (tertiary alicyclic amines) is 1. The Morgan fingerprint density at radius 3 is 2.62 bits per heavy atom. The molecule has 1 aromatic rings. The van der Waals surface area contributed by atoms with Gasteiger partial charge in [-0.3, -0.25) is 20.0 Å². The lowest BCUT2D eigenvalue weighted by Gasteiger charge is -2.36. The van der Waals surface area contributed by atoms with Crippen LogP contribution in [0.15, 0.2) is 0 Å². The quantitative estimate of drug-likeness (QED) is 0.610. The van der Waals surface area contributed by atoms with Crippen molar-refractivity contribution in [2.75, 3.05) is 19.6 Å². The van der Waals surface area contributed by atoms with E-state index < -0.39 is 10.8 Å². The van der Waals surface area contributed by atoms with Gasteiger partial charge in [0.2, 0.25) is 5.69 Å². The van der Waals surface area contributed by atoms with E-state index >= 15 is 0 Å². The van der Waals surface area contributed by atoms with Crippen LogP contribution in [0.2, 0.25) is 0 Å². The van der Waals surface area contributed by atoms with Gasteiger partial charge in [0.25, 0.3) is 5.91 Å². The number of H-pyrrole nitrogens is 1. The Balaban J connectivity index is 1.99. The normalized spacial score (nSPS) is 23.0. The van der Waals surface area contributed by atoms with Crippen molar-refractivity contribution >= 4 is 11.6 Å². The van der Waals surface area contributed by atoms with Gasteiger partial charge in [0.1, 0.15) is 5.69 Å². The third kappa shape index (κ3) is 4.31. The highest BCUT2D eigenvalue weighted by Gasteiger charge is 2.29. The van der Waals surface area contributed by atoms with E-state index in [1.807, 2.05) is 6.92 Å². The molecule has 0 radical (unpaired) electrons. The van der Waals surface area contributed by atoms with Gasteiger partial charge in [-0.1, -0.05) is 20.8 Å². The van der Waals surface area contributed by atoms with E-state index in [0.717, 1.165) is 19.6 Å². The van der Waals surface area contributed by atoms with Gasteiger partial charge in [-0.25, -0.2) is 0 Å². The van der Waals surface area contributed by atoms with Crippen molar-refractivity contribution in [1.82, 2.24) is 20.4 Å². The molecule has 1 fully saturated rings. The van der Waals surface area contributed by atoms with Gasteiger partial charge >= 0.3 is 5.69 Å². The maximum absolute atomic E-state index is 12.4. The number of hydrogen-bond acceptors (Lipinski definition) is 5. The monoisotopic (exact) mass is 337 g/mol. The molecule has 1 aliphatic rings. The highest BCUT2D eigenvalue weighted by molar-refractivity contribution is 5.96. The Labute approximate surface area is 142 Å². The maximum Gasteiger partial charge on any atom is 0.322 e. The number of aromatic amines is 1. The van der Waals surface area contributed by atoms with Crippen LogP contribution in [-0.4, -0.2) is 51.6 Å². The number of aryl methyl sites for hydroxylation is 1. The fourth-order valence-electron chi connectivity index (χ4n) is 3.64. The third-order valence-electron chi connectivity index (χ3n) is 4.42. The lowest BCUT2D eigenvalue weighted by Crippen LogP contribution is -2.47. The maximum atomic E-state index is 12.4. The first kappa shape index (κ1) is 18.4. The van der Waals surface area contributed by atoms with Crippen molar-refractivity contribution in [1.29, 1.82) is 0 Å². The van der Waals surface area contributed by atoms with Crippen LogP contribution >= 0.6 is 0 Å². The second-order valence-electron chi connectivity index (χ2n) is 7.05. The molecule has 0 saturated carbocycles. The summed E-state index contributed by atoms with van der Waals surface area (Å²) in [6.45, 7) is 11.0. The summed E-state index contributed by atoms with van der Waals surface area (Å²) >= 11 is 0. The first-order chi connectivity index (χ1) is 11.3. The molecule has 0 aliphatic carbocycles. The van der Waals surface area contributed by atoms with Crippen LogP contribution < -0.4 is 5.32 Å². The van der Waals surface area contributed by atoms with Gasteiger partial charge in [-0.2, -0.15) is 5.10 Å². The molecule has 1 amide bonds. The number of carbonyl (C=O) groups is 1. The van der Waals surface area contributed by atoms with E-state index in [-0.39, 0.29) is 17.4 Å². The number of aromatic nitrogens is 2. The Bertz CT molecular complexity index is 591. The van der Waals surface area contributed by atoms with Crippen molar-refractivity contribution in [3.63, 3.8) is 0 Å². The van der Waals surface area contributed by atoms with E-state index in [9.17, 15) is 14.9 Å². The van der Waals surface area contributed by atoms with Crippen molar-refractivity contribution in [3.05, 3.63) is 21.5 Å². The summed E-state index contributed by atoms with van der Waals surface area (Å²) in [7, 11) is 0. The number of nitro groups is 1. The summed E-state index contributed by atoms with van der Waals surface area (Å²) in [5.41, 5.74) is 0.0166. The van der Waals surface area contributed by atoms with E-state index in [1.54, 1.807) is 6.92 Å². The minimum atomic E-state index is -0.546. The van der Waals surface area contributed by atoms with Crippen LogP contribution in [0, 0.1) is 22.0 Å². The Kier molecular flexibility index (Phi) is 5.93. The molecule has 3 atom stereocenters. The predicted molar refractivity (Wildman–Crippen MR) is 90.9 cm³/mol. The van der Waals surface area contributed by atoms with Crippen molar-refractivity contribution in [2.45, 2.75) is 46.6 Å². The third-order valence-corrected chi connectivity index (χ3v) is 4.42. The summed E-state index contributed by atoms with van der Waals surface area (Å²) in [5, 5.41) is 20.5. The number of amides is 1. The zero-order chi connectivity index (χ0) is 17.9. The zero-order valence-electron chi connectivity index (χ0n) is 14.8. The second kappa shape index (κ2) is 7.74. The number of rotatable bonds is 6. The van der Waals surface area contributed by atoms with Crippen LogP contribution in [0.5, 0.6) is 0 Å². The van der Waals surface area contributed by atoms with Gasteiger partial charge in [-0.15, -0.1) is 0 Å². The Morgan fingerprint density at radius 1 is 1.46 bits per heavy atom. The molecule has 0 bridgehead atoms. The summed E-state index contributed by atoms with van der Waals surface area (Å²) in [6.07, 6.45) is 1.66. The van der Waals surface area contributed by atoms with Gasteiger partial charge in [0.15, 0.2) is 0 Å². The molecule has 8 nitrogen and oxygen atoms in total. The largest absolute Gasteiger partial charge is 0.347 e. The number of nitrogens with zero attached hydrogens (tertiary/aromatic N) is 3. The fourth-order valence-corrected chi connectivity index (χ4v) is 3.64. The molecule has 1 aliphatic heterocycles. The molecule has 0 spiro atoms. The molecule has 0 unspecified atom stereocenters. The topological polar surface area (TPSA) is 104 Å². The van der Waals surface area contributed by atoms with Crippen LogP contribution in [0.1, 0.15) is 50.3 Å². The molecule has 2 heterocycles. The molecule has 1 aromatic heterocycles. The summed E-state index contributed by atoms with van der Waals surface area (Å²) < 4.78 is 0. The molecular formula is C16H27N5O3. The standard InChI is InChI=1S/C16H27N5O3/c1-5-13-15(21(23)24)14(19-18-13)16(22)17-12(4)9-20-7-10(2)6-11(3)8-20/h10-12H,5-9H2,1-4H3,(H,17,22)(H,18,19)/t10-,11-,12+/m0/s1. The Hall–Kier alpha value is -1.96. The second-order valence-corrected chi connectivity index (χ2v) is 7.05. The van der Waals surface area contributed by atoms with Crippen LogP contribution in [0.4, 0.5) is 5.69 Å². The van der Waals surface area contributed by atoms with Crippen molar-refractivity contribution in [2.24, 2.45) is 11.8 Å². The average Bonchev–Trinajstić information content (AvgIpc) is 2.89. The Morgan fingerprint density at radius 2 is 2.08 bits per heavy atom. The zero-order valence-corrected chi connectivity index (χ0v) is 14.8. The first-order valence-corrected chi connectivity index (χ1v) is 8.56. The number of nitrogens with one attached hydrogen (secondary N) is 2. The molecule has 134 valence electrons. The van der Waals surface area contributed by atoms with Crippen LogP contribution in [-0.2, 0) is 6.42 Å². The average molecular weight is 337 g/mol. The van der Waals surface area contributed by atoms with E-state index in [0.29, 0.717) is 24.0 Å². The number of piperidine rings is 1. The van der Waals surface area contributed by atoms with E-state index in [4.69, 9.17) is 0 Å². The first-order valence-electron chi connectivity index (χ1n) is 8.56. The number of hydrogen-bond donors (Lipinski definition) is 2. The van der Waals surface area contributed by atoms with Gasteiger partial charge in [-0.05, 0) is 31.6 Å². The highest BCUT2D eigenvalue weighted by Crippen LogP contribution is 2.22. The van der Waals surface area contributed by atoms with Crippen molar-refractivity contribution in [3.8, 4) is 0 Å². The minimum Gasteiger partial charge on any atom is -0.347 e. The molecule has 2 rings (SSSR count). The molecule has 8 heteroatoms. The molecule has 2 N–H and O–H groups in total. The van der Waals surface area contributed by atoms with Crippen LogP contribution in [0.3, 0.4) is 0 Å². The number of carbonyl (C=O) groups excluding carboxylic acids is 1. The smallest absolute Gasteiger partial charge is 0.322 e.